The Morgan fingerprint density at radius 1 is 1.38 bits per heavy atom. The fourth-order valence-corrected chi connectivity index (χ4v) is 2.37. The molecule has 1 aliphatic carbocycles. The summed E-state index contributed by atoms with van der Waals surface area (Å²) in [6, 6.07) is 0.300. The lowest BCUT2D eigenvalue weighted by atomic mass is 9.99. The maximum atomic E-state index is 5.83. The lowest BCUT2D eigenvalue weighted by Crippen LogP contribution is -2.28. The Bertz CT molecular complexity index is 201. The van der Waals surface area contributed by atoms with Crippen molar-refractivity contribution in [1.29, 1.82) is 0 Å². The molecule has 2 nitrogen and oxygen atoms in total. The maximum Gasteiger partial charge on any atom is 0.0229 e. The highest BCUT2D eigenvalue weighted by Gasteiger charge is 2.15. The van der Waals surface area contributed by atoms with Gasteiger partial charge in [0.1, 0.15) is 0 Å². The van der Waals surface area contributed by atoms with E-state index in [9.17, 15) is 0 Å². The Kier molecular flexibility index (Phi) is 6.74. The zero-order valence-electron chi connectivity index (χ0n) is 10.9. The molecule has 0 heterocycles. The SMILES string of the molecule is CCCCC(CC)CNCC1C=CC(N)C1. The number of hydrogen-bond acceptors (Lipinski definition) is 2. The molecule has 0 radical (unpaired) electrons. The summed E-state index contributed by atoms with van der Waals surface area (Å²) in [4.78, 5) is 0. The number of rotatable bonds is 8. The Morgan fingerprint density at radius 2 is 2.19 bits per heavy atom. The Labute approximate surface area is 101 Å². The summed E-state index contributed by atoms with van der Waals surface area (Å²) in [5.41, 5.74) is 5.83. The molecule has 0 saturated carbocycles. The predicted molar refractivity (Wildman–Crippen MR) is 71.4 cm³/mol. The van der Waals surface area contributed by atoms with Crippen LogP contribution in [0.25, 0.3) is 0 Å². The number of nitrogens with two attached hydrogens (primary N) is 1. The van der Waals surface area contributed by atoms with E-state index in [0.717, 1.165) is 18.9 Å². The van der Waals surface area contributed by atoms with E-state index >= 15 is 0 Å². The highest BCUT2D eigenvalue weighted by atomic mass is 14.9. The molecule has 2 heteroatoms. The molecule has 3 unspecified atom stereocenters. The molecule has 0 aliphatic heterocycles. The topological polar surface area (TPSA) is 38.0 Å². The van der Waals surface area contributed by atoms with Gasteiger partial charge in [0.05, 0.1) is 0 Å². The lowest BCUT2D eigenvalue weighted by Gasteiger charge is -2.17. The van der Waals surface area contributed by atoms with Gasteiger partial charge in [0.15, 0.2) is 0 Å². The third-order valence-electron chi connectivity index (χ3n) is 3.59. The molecule has 0 spiro atoms. The summed E-state index contributed by atoms with van der Waals surface area (Å²) < 4.78 is 0. The fraction of sp³-hybridized carbons (Fsp3) is 0.857. The van der Waals surface area contributed by atoms with Crippen LogP contribution in [-0.4, -0.2) is 19.1 Å². The van der Waals surface area contributed by atoms with Gasteiger partial charge >= 0.3 is 0 Å². The zero-order valence-corrected chi connectivity index (χ0v) is 10.9. The molecule has 0 fully saturated rings. The number of hydrogen-bond donors (Lipinski definition) is 2. The quantitative estimate of drug-likeness (QED) is 0.622. The second-order valence-electron chi connectivity index (χ2n) is 5.12. The highest BCUT2D eigenvalue weighted by molar-refractivity contribution is 5.05. The van der Waals surface area contributed by atoms with Crippen molar-refractivity contribution in [3.8, 4) is 0 Å². The third kappa shape index (κ3) is 5.13. The molecular weight excluding hydrogens is 196 g/mol. The van der Waals surface area contributed by atoms with Crippen molar-refractivity contribution in [3.63, 3.8) is 0 Å². The summed E-state index contributed by atoms with van der Waals surface area (Å²) in [6.45, 7) is 6.85. The first kappa shape index (κ1) is 13.7. The van der Waals surface area contributed by atoms with Crippen LogP contribution in [-0.2, 0) is 0 Å². The van der Waals surface area contributed by atoms with Gasteiger partial charge in [-0.05, 0) is 31.2 Å². The first-order chi connectivity index (χ1) is 7.76. The minimum absolute atomic E-state index is 0.300. The molecule has 3 N–H and O–H groups in total. The molecule has 0 saturated heterocycles. The van der Waals surface area contributed by atoms with Gasteiger partial charge in [0, 0.05) is 12.6 Å². The van der Waals surface area contributed by atoms with Gasteiger partial charge in [-0.2, -0.15) is 0 Å². The van der Waals surface area contributed by atoms with Crippen LogP contribution in [0.5, 0.6) is 0 Å². The van der Waals surface area contributed by atoms with Crippen LogP contribution in [0.1, 0.15) is 46.0 Å². The second kappa shape index (κ2) is 7.86. The predicted octanol–water partition coefficient (Wildman–Crippen LogP) is 2.70. The molecule has 3 atom stereocenters. The fourth-order valence-electron chi connectivity index (χ4n) is 2.37. The average molecular weight is 224 g/mol. The van der Waals surface area contributed by atoms with Crippen LogP contribution in [0, 0.1) is 11.8 Å². The number of unbranched alkanes of at least 4 members (excludes halogenated alkanes) is 1. The summed E-state index contributed by atoms with van der Waals surface area (Å²) in [6.07, 6.45) is 10.9. The summed E-state index contributed by atoms with van der Waals surface area (Å²) in [7, 11) is 0. The van der Waals surface area contributed by atoms with Gasteiger partial charge < -0.3 is 11.1 Å². The van der Waals surface area contributed by atoms with E-state index in [-0.39, 0.29) is 0 Å². The van der Waals surface area contributed by atoms with E-state index in [0.29, 0.717) is 12.0 Å². The summed E-state index contributed by atoms with van der Waals surface area (Å²) in [5, 5.41) is 3.60. The lowest BCUT2D eigenvalue weighted by molar-refractivity contribution is 0.404. The maximum absolute atomic E-state index is 5.83. The van der Waals surface area contributed by atoms with Gasteiger partial charge in [-0.3, -0.25) is 0 Å². The van der Waals surface area contributed by atoms with E-state index in [1.54, 1.807) is 0 Å². The molecular formula is C14H28N2. The van der Waals surface area contributed by atoms with Crippen molar-refractivity contribution in [1.82, 2.24) is 5.32 Å². The first-order valence-corrected chi connectivity index (χ1v) is 6.90. The van der Waals surface area contributed by atoms with Crippen LogP contribution in [0.3, 0.4) is 0 Å². The van der Waals surface area contributed by atoms with Crippen LogP contribution in [0.2, 0.25) is 0 Å². The molecule has 0 aromatic rings. The largest absolute Gasteiger partial charge is 0.324 e. The van der Waals surface area contributed by atoms with Crippen molar-refractivity contribution in [2.75, 3.05) is 13.1 Å². The van der Waals surface area contributed by atoms with E-state index in [2.05, 4.69) is 31.3 Å². The van der Waals surface area contributed by atoms with Crippen LogP contribution >= 0.6 is 0 Å². The molecule has 16 heavy (non-hydrogen) atoms. The zero-order chi connectivity index (χ0) is 11.8. The normalized spacial score (nSPS) is 26.2. The summed E-state index contributed by atoms with van der Waals surface area (Å²) in [5.74, 6) is 1.53. The highest BCUT2D eigenvalue weighted by Crippen LogP contribution is 2.16. The molecule has 0 aromatic heterocycles. The molecule has 0 bridgehead atoms. The van der Waals surface area contributed by atoms with Crippen molar-refractivity contribution in [2.24, 2.45) is 17.6 Å². The minimum Gasteiger partial charge on any atom is -0.324 e. The van der Waals surface area contributed by atoms with Gasteiger partial charge in [0.25, 0.3) is 0 Å². The van der Waals surface area contributed by atoms with Crippen molar-refractivity contribution >= 4 is 0 Å². The minimum atomic E-state index is 0.300. The van der Waals surface area contributed by atoms with E-state index < -0.39 is 0 Å². The second-order valence-corrected chi connectivity index (χ2v) is 5.12. The van der Waals surface area contributed by atoms with E-state index in [4.69, 9.17) is 5.73 Å². The van der Waals surface area contributed by atoms with Crippen LogP contribution < -0.4 is 11.1 Å². The Balaban J connectivity index is 2.06. The van der Waals surface area contributed by atoms with Gasteiger partial charge in [0.2, 0.25) is 0 Å². The standard InChI is InChI=1S/C14H28N2/c1-3-5-6-12(4-2)10-16-11-13-7-8-14(15)9-13/h7-8,12-14,16H,3-6,9-11,15H2,1-2H3. The van der Waals surface area contributed by atoms with Gasteiger partial charge in [-0.25, -0.2) is 0 Å². The van der Waals surface area contributed by atoms with Crippen molar-refractivity contribution in [3.05, 3.63) is 12.2 Å². The molecule has 1 aliphatic rings. The van der Waals surface area contributed by atoms with Crippen LogP contribution in [0.4, 0.5) is 0 Å². The smallest absolute Gasteiger partial charge is 0.0229 e. The Morgan fingerprint density at radius 3 is 2.75 bits per heavy atom. The van der Waals surface area contributed by atoms with Gasteiger partial charge in [-0.15, -0.1) is 0 Å². The number of nitrogens with one attached hydrogen (secondary N) is 1. The van der Waals surface area contributed by atoms with E-state index in [1.165, 1.54) is 32.2 Å². The molecule has 0 aromatic carbocycles. The molecule has 0 amide bonds. The monoisotopic (exact) mass is 224 g/mol. The van der Waals surface area contributed by atoms with E-state index in [1.807, 2.05) is 0 Å². The third-order valence-corrected chi connectivity index (χ3v) is 3.59. The van der Waals surface area contributed by atoms with Gasteiger partial charge in [-0.1, -0.05) is 45.3 Å². The van der Waals surface area contributed by atoms with Crippen molar-refractivity contribution < 1.29 is 0 Å². The molecule has 94 valence electrons. The van der Waals surface area contributed by atoms with Crippen LogP contribution in [0.15, 0.2) is 12.2 Å². The first-order valence-electron chi connectivity index (χ1n) is 6.90. The molecule has 1 rings (SSSR count). The average Bonchev–Trinajstić information content (AvgIpc) is 2.69. The Hall–Kier alpha value is -0.340. The summed E-state index contributed by atoms with van der Waals surface area (Å²) >= 11 is 0. The van der Waals surface area contributed by atoms with Crippen molar-refractivity contribution in [2.45, 2.75) is 52.0 Å².